The molecule has 0 aliphatic carbocycles. The Labute approximate surface area is 114 Å². The Morgan fingerprint density at radius 3 is 2.61 bits per heavy atom. The van der Waals surface area contributed by atoms with Crippen LogP contribution in [0.2, 0.25) is 5.02 Å². The molecule has 0 amide bonds. The average Bonchev–Trinajstić information content (AvgIpc) is 2.26. The molecular formula is C14H22ClNO2. The minimum absolute atomic E-state index is 0.0732. The molecule has 0 spiro atoms. The molecule has 0 aromatic heterocycles. The highest BCUT2D eigenvalue weighted by molar-refractivity contribution is 6.32. The number of benzene rings is 1. The Kier molecular flexibility index (Phi) is 5.29. The molecule has 1 aromatic rings. The van der Waals surface area contributed by atoms with Crippen molar-refractivity contribution in [3.05, 3.63) is 23.2 Å². The number of ether oxygens (including phenoxy) is 1. The van der Waals surface area contributed by atoms with E-state index >= 15 is 0 Å². The standard InChI is InChI=1S/C14H22ClNO2/c1-5-8-18-13-7-6-11(9-12(13)15)16-10(2)14(3,4)17/h6-7,9-10,16-17H,5,8H2,1-4H3. The molecular weight excluding hydrogens is 250 g/mol. The van der Waals surface area contributed by atoms with Gasteiger partial charge >= 0.3 is 0 Å². The van der Waals surface area contributed by atoms with Gasteiger partial charge in [-0.1, -0.05) is 18.5 Å². The van der Waals surface area contributed by atoms with Gasteiger partial charge in [0.25, 0.3) is 0 Å². The lowest BCUT2D eigenvalue weighted by atomic mass is 10.0. The topological polar surface area (TPSA) is 41.5 Å². The number of hydrogen-bond donors (Lipinski definition) is 2. The summed E-state index contributed by atoms with van der Waals surface area (Å²) >= 11 is 6.14. The number of anilines is 1. The summed E-state index contributed by atoms with van der Waals surface area (Å²) < 4.78 is 5.50. The first-order valence-electron chi connectivity index (χ1n) is 6.26. The molecule has 0 aliphatic rings. The summed E-state index contributed by atoms with van der Waals surface area (Å²) in [6, 6.07) is 5.49. The Bertz CT molecular complexity index is 388. The molecule has 18 heavy (non-hydrogen) atoms. The Morgan fingerprint density at radius 2 is 2.11 bits per heavy atom. The predicted octanol–water partition coefficient (Wildman–Crippen LogP) is 3.70. The van der Waals surface area contributed by atoms with E-state index in [1.165, 1.54) is 0 Å². The predicted molar refractivity (Wildman–Crippen MR) is 76.6 cm³/mol. The van der Waals surface area contributed by atoms with Crippen LogP contribution in [0, 0.1) is 0 Å². The van der Waals surface area contributed by atoms with Crippen LogP contribution in [0.3, 0.4) is 0 Å². The summed E-state index contributed by atoms with van der Waals surface area (Å²) in [5.41, 5.74) is 0.0857. The molecule has 1 aromatic carbocycles. The summed E-state index contributed by atoms with van der Waals surface area (Å²) in [4.78, 5) is 0. The smallest absolute Gasteiger partial charge is 0.138 e. The van der Waals surface area contributed by atoms with Crippen LogP contribution in [0.1, 0.15) is 34.1 Å². The maximum atomic E-state index is 9.87. The van der Waals surface area contributed by atoms with Crippen LogP contribution in [-0.2, 0) is 0 Å². The quantitative estimate of drug-likeness (QED) is 0.829. The van der Waals surface area contributed by atoms with E-state index in [2.05, 4.69) is 12.2 Å². The second-order valence-corrected chi connectivity index (χ2v) is 5.42. The number of hydrogen-bond acceptors (Lipinski definition) is 3. The summed E-state index contributed by atoms with van der Waals surface area (Å²) in [6.45, 7) is 8.17. The van der Waals surface area contributed by atoms with Gasteiger partial charge in [-0.25, -0.2) is 0 Å². The molecule has 3 nitrogen and oxygen atoms in total. The number of halogens is 1. The van der Waals surface area contributed by atoms with Gasteiger partial charge in [-0.05, 0) is 45.4 Å². The van der Waals surface area contributed by atoms with Crippen LogP contribution in [0.15, 0.2) is 18.2 Å². The molecule has 0 heterocycles. The minimum atomic E-state index is -0.788. The van der Waals surface area contributed by atoms with Gasteiger partial charge in [-0.2, -0.15) is 0 Å². The van der Waals surface area contributed by atoms with Crippen LogP contribution in [0.5, 0.6) is 5.75 Å². The first-order chi connectivity index (χ1) is 8.34. The molecule has 4 heteroatoms. The summed E-state index contributed by atoms with van der Waals surface area (Å²) in [5.74, 6) is 0.694. The zero-order valence-electron chi connectivity index (χ0n) is 11.5. The van der Waals surface area contributed by atoms with Crippen LogP contribution in [0.4, 0.5) is 5.69 Å². The third-order valence-corrected chi connectivity index (χ3v) is 3.13. The van der Waals surface area contributed by atoms with Gasteiger partial charge in [0.2, 0.25) is 0 Å². The molecule has 0 bridgehead atoms. The first kappa shape index (κ1) is 15.1. The van der Waals surface area contributed by atoms with E-state index in [0.29, 0.717) is 17.4 Å². The van der Waals surface area contributed by atoms with Gasteiger partial charge in [-0.3, -0.25) is 0 Å². The van der Waals surface area contributed by atoms with Crippen molar-refractivity contribution in [3.8, 4) is 5.75 Å². The first-order valence-corrected chi connectivity index (χ1v) is 6.63. The van der Waals surface area contributed by atoms with Crippen LogP contribution in [0.25, 0.3) is 0 Å². The van der Waals surface area contributed by atoms with E-state index in [0.717, 1.165) is 12.1 Å². The molecule has 0 saturated heterocycles. The molecule has 0 aliphatic heterocycles. The molecule has 0 radical (unpaired) electrons. The number of rotatable bonds is 6. The fourth-order valence-corrected chi connectivity index (χ4v) is 1.58. The lowest BCUT2D eigenvalue weighted by Crippen LogP contribution is -2.39. The lowest BCUT2D eigenvalue weighted by Gasteiger charge is -2.27. The van der Waals surface area contributed by atoms with Crippen molar-refractivity contribution in [1.29, 1.82) is 0 Å². The van der Waals surface area contributed by atoms with Gasteiger partial charge in [0.05, 0.1) is 23.3 Å². The fourth-order valence-electron chi connectivity index (χ4n) is 1.35. The highest BCUT2D eigenvalue weighted by Gasteiger charge is 2.22. The van der Waals surface area contributed by atoms with E-state index in [9.17, 15) is 5.11 Å². The highest BCUT2D eigenvalue weighted by Crippen LogP contribution is 2.28. The van der Waals surface area contributed by atoms with E-state index in [1.54, 1.807) is 13.8 Å². The van der Waals surface area contributed by atoms with E-state index in [-0.39, 0.29) is 6.04 Å². The highest BCUT2D eigenvalue weighted by atomic mass is 35.5. The van der Waals surface area contributed by atoms with E-state index in [4.69, 9.17) is 16.3 Å². The Morgan fingerprint density at radius 1 is 1.44 bits per heavy atom. The maximum absolute atomic E-state index is 9.87. The van der Waals surface area contributed by atoms with Crippen molar-refractivity contribution < 1.29 is 9.84 Å². The fraction of sp³-hybridized carbons (Fsp3) is 0.571. The summed E-state index contributed by atoms with van der Waals surface area (Å²) in [6.07, 6.45) is 0.950. The molecule has 102 valence electrons. The van der Waals surface area contributed by atoms with Gasteiger partial charge in [-0.15, -0.1) is 0 Å². The molecule has 1 rings (SSSR count). The van der Waals surface area contributed by atoms with Crippen molar-refractivity contribution in [2.24, 2.45) is 0 Å². The SMILES string of the molecule is CCCOc1ccc(NC(C)C(C)(C)O)cc1Cl. The zero-order chi connectivity index (χ0) is 13.8. The molecule has 1 unspecified atom stereocenters. The van der Waals surface area contributed by atoms with Crippen molar-refractivity contribution in [2.75, 3.05) is 11.9 Å². The third-order valence-electron chi connectivity index (χ3n) is 2.84. The van der Waals surface area contributed by atoms with Crippen LogP contribution < -0.4 is 10.1 Å². The number of nitrogens with one attached hydrogen (secondary N) is 1. The summed E-state index contributed by atoms with van der Waals surface area (Å²) in [5, 5.41) is 13.7. The molecule has 0 fully saturated rings. The van der Waals surface area contributed by atoms with Crippen LogP contribution >= 0.6 is 11.6 Å². The van der Waals surface area contributed by atoms with Gasteiger partial charge < -0.3 is 15.2 Å². The lowest BCUT2D eigenvalue weighted by molar-refractivity contribution is 0.0649. The maximum Gasteiger partial charge on any atom is 0.138 e. The van der Waals surface area contributed by atoms with Crippen molar-refractivity contribution >= 4 is 17.3 Å². The van der Waals surface area contributed by atoms with Gasteiger partial charge in [0.15, 0.2) is 0 Å². The van der Waals surface area contributed by atoms with Crippen LogP contribution in [-0.4, -0.2) is 23.4 Å². The van der Waals surface area contributed by atoms with E-state index < -0.39 is 5.60 Å². The zero-order valence-corrected chi connectivity index (χ0v) is 12.2. The second kappa shape index (κ2) is 6.30. The monoisotopic (exact) mass is 271 g/mol. The Balaban J connectivity index is 2.72. The second-order valence-electron chi connectivity index (χ2n) is 5.01. The van der Waals surface area contributed by atoms with Gasteiger partial charge in [0, 0.05) is 5.69 Å². The normalized spacial score (nSPS) is 13.2. The molecule has 1 atom stereocenters. The largest absolute Gasteiger partial charge is 0.492 e. The van der Waals surface area contributed by atoms with Crippen molar-refractivity contribution in [3.63, 3.8) is 0 Å². The Hall–Kier alpha value is -0.930. The summed E-state index contributed by atoms with van der Waals surface area (Å²) in [7, 11) is 0. The molecule has 0 saturated carbocycles. The number of aliphatic hydroxyl groups is 1. The average molecular weight is 272 g/mol. The van der Waals surface area contributed by atoms with Gasteiger partial charge in [0.1, 0.15) is 5.75 Å². The van der Waals surface area contributed by atoms with E-state index in [1.807, 2.05) is 25.1 Å². The third kappa shape index (κ3) is 4.39. The van der Waals surface area contributed by atoms with Crippen molar-refractivity contribution in [2.45, 2.75) is 45.8 Å². The minimum Gasteiger partial charge on any atom is -0.492 e. The van der Waals surface area contributed by atoms with Crippen molar-refractivity contribution in [1.82, 2.24) is 0 Å². The molecule has 2 N–H and O–H groups in total.